The van der Waals surface area contributed by atoms with Crippen molar-refractivity contribution in [2.75, 3.05) is 26.3 Å². The smallest absolute Gasteiger partial charge is 0.261 e. The summed E-state index contributed by atoms with van der Waals surface area (Å²) in [5.74, 6) is 0.413. The molecule has 0 saturated carbocycles. The predicted octanol–water partition coefficient (Wildman–Crippen LogP) is 2.66. The number of ether oxygens (including phenoxy) is 1. The summed E-state index contributed by atoms with van der Waals surface area (Å²) in [5.41, 5.74) is 3.83. The second kappa shape index (κ2) is 9.12. The Kier molecular flexibility index (Phi) is 6.35. The molecule has 6 heteroatoms. The van der Waals surface area contributed by atoms with Crippen molar-refractivity contribution in [3.8, 4) is 5.75 Å². The lowest BCUT2D eigenvalue weighted by atomic mass is 10.1. The first-order chi connectivity index (χ1) is 12.8. The van der Waals surface area contributed by atoms with Crippen LogP contribution in [-0.4, -0.2) is 43.0 Å². The maximum absolute atomic E-state index is 12.2. The largest absolute Gasteiger partial charge is 0.494 e. The summed E-state index contributed by atoms with van der Waals surface area (Å²) in [7, 11) is 0. The average molecular weight is 354 g/mol. The van der Waals surface area contributed by atoms with Gasteiger partial charge >= 0.3 is 0 Å². The molecule has 1 N–H and O–H groups in total. The van der Waals surface area contributed by atoms with Crippen LogP contribution in [0.3, 0.4) is 0 Å². The molecule has 0 saturated heterocycles. The van der Waals surface area contributed by atoms with Crippen molar-refractivity contribution >= 4 is 11.8 Å². The number of hydroxylamine groups is 1. The van der Waals surface area contributed by atoms with Crippen LogP contribution in [0.2, 0.25) is 0 Å². The van der Waals surface area contributed by atoms with Crippen LogP contribution < -0.4 is 10.2 Å². The molecule has 0 unspecified atom stereocenters. The van der Waals surface area contributed by atoms with Crippen molar-refractivity contribution in [3.05, 3.63) is 65.7 Å². The van der Waals surface area contributed by atoms with Crippen LogP contribution in [0.15, 0.2) is 54.6 Å². The fraction of sp³-hybridized carbons (Fsp3) is 0.300. The van der Waals surface area contributed by atoms with Crippen molar-refractivity contribution in [2.45, 2.75) is 12.8 Å². The molecule has 6 nitrogen and oxygen atoms in total. The highest BCUT2D eigenvalue weighted by atomic mass is 16.6. The summed E-state index contributed by atoms with van der Waals surface area (Å²) in [6.07, 6.45) is 1.40. The van der Waals surface area contributed by atoms with Gasteiger partial charge in [-0.2, -0.15) is 0 Å². The Morgan fingerprint density at radius 2 is 1.46 bits per heavy atom. The molecule has 2 amide bonds. The van der Waals surface area contributed by atoms with Crippen LogP contribution in [0.5, 0.6) is 5.75 Å². The van der Waals surface area contributed by atoms with E-state index in [1.54, 1.807) is 24.3 Å². The van der Waals surface area contributed by atoms with E-state index < -0.39 is 0 Å². The van der Waals surface area contributed by atoms with E-state index in [1.165, 1.54) is 4.90 Å². The summed E-state index contributed by atoms with van der Waals surface area (Å²) >= 11 is 0. The number of hydrogen-bond acceptors (Lipinski definition) is 5. The van der Waals surface area contributed by atoms with E-state index in [1.807, 2.05) is 30.3 Å². The van der Waals surface area contributed by atoms with Gasteiger partial charge in [-0.15, -0.1) is 0 Å². The number of rotatable bonds is 10. The minimum atomic E-state index is -0.218. The van der Waals surface area contributed by atoms with Gasteiger partial charge in [0.2, 0.25) is 0 Å². The normalized spacial score (nSPS) is 13.2. The lowest BCUT2D eigenvalue weighted by Gasteiger charge is -2.13. The fourth-order valence-electron chi connectivity index (χ4n) is 2.73. The maximum Gasteiger partial charge on any atom is 0.261 e. The Labute approximate surface area is 152 Å². The molecule has 26 heavy (non-hydrogen) atoms. The minimum absolute atomic E-state index is 0.218. The number of amides is 2. The zero-order chi connectivity index (χ0) is 18.2. The molecule has 2 aromatic rings. The number of carbonyl (C=O) groups is 2. The van der Waals surface area contributed by atoms with Gasteiger partial charge < -0.3 is 9.57 Å². The maximum atomic E-state index is 12.2. The number of carbonyl (C=O) groups excluding carboxylic acids is 2. The van der Waals surface area contributed by atoms with E-state index >= 15 is 0 Å². The van der Waals surface area contributed by atoms with E-state index in [0.29, 0.717) is 43.9 Å². The molecule has 1 heterocycles. The number of fused-ring (bicyclic) bond motifs is 1. The molecule has 1 aliphatic heterocycles. The first-order valence-electron chi connectivity index (χ1n) is 8.75. The Bertz CT molecular complexity index is 713. The Morgan fingerprint density at radius 3 is 2.15 bits per heavy atom. The third-order valence-corrected chi connectivity index (χ3v) is 4.04. The lowest BCUT2D eigenvalue weighted by Crippen LogP contribution is -2.32. The molecule has 136 valence electrons. The van der Waals surface area contributed by atoms with Crippen molar-refractivity contribution in [1.29, 1.82) is 0 Å². The van der Waals surface area contributed by atoms with E-state index in [0.717, 1.165) is 12.2 Å². The first-order valence-corrected chi connectivity index (χ1v) is 8.75. The molecule has 2 aromatic carbocycles. The second-order valence-corrected chi connectivity index (χ2v) is 5.92. The number of para-hydroxylation sites is 1. The fourth-order valence-corrected chi connectivity index (χ4v) is 2.73. The number of imide groups is 1. The SMILES string of the molecule is O=C1c2ccccc2C(=O)N1CCCNOCCCOc1ccccc1. The zero-order valence-corrected chi connectivity index (χ0v) is 14.5. The highest BCUT2D eigenvalue weighted by Gasteiger charge is 2.34. The van der Waals surface area contributed by atoms with E-state index in [2.05, 4.69) is 5.48 Å². The molecule has 0 aliphatic carbocycles. The molecule has 0 aromatic heterocycles. The molecule has 0 spiro atoms. The first kappa shape index (κ1) is 18.1. The topological polar surface area (TPSA) is 67.9 Å². The number of benzene rings is 2. The molecule has 0 fully saturated rings. The van der Waals surface area contributed by atoms with Crippen LogP contribution >= 0.6 is 0 Å². The summed E-state index contributed by atoms with van der Waals surface area (Å²) in [6.45, 7) is 2.05. The standard InChI is InChI=1S/C20H22N2O4/c23-19-17-10-4-5-11-18(17)20(24)22(19)13-6-12-21-26-15-7-14-25-16-8-2-1-3-9-16/h1-5,8-11,21H,6-7,12-15H2. The van der Waals surface area contributed by atoms with Crippen molar-refractivity contribution in [1.82, 2.24) is 10.4 Å². The molecule has 0 bridgehead atoms. The number of nitrogens with one attached hydrogen (secondary N) is 1. The summed E-state index contributed by atoms with van der Waals surface area (Å²) < 4.78 is 5.57. The highest BCUT2D eigenvalue weighted by Crippen LogP contribution is 2.22. The van der Waals surface area contributed by atoms with Gasteiger partial charge in [-0.25, -0.2) is 5.48 Å². The van der Waals surface area contributed by atoms with Gasteiger partial charge in [0.25, 0.3) is 11.8 Å². The molecule has 0 atom stereocenters. The van der Waals surface area contributed by atoms with Gasteiger partial charge in [-0.1, -0.05) is 30.3 Å². The van der Waals surface area contributed by atoms with Gasteiger partial charge in [0.15, 0.2) is 0 Å². The predicted molar refractivity (Wildman–Crippen MR) is 96.9 cm³/mol. The highest BCUT2D eigenvalue weighted by molar-refractivity contribution is 6.21. The number of nitrogens with zero attached hydrogens (tertiary/aromatic N) is 1. The zero-order valence-electron chi connectivity index (χ0n) is 14.5. The van der Waals surface area contributed by atoms with Gasteiger partial charge in [0.05, 0.1) is 24.3 Å². The van der Waals surface area contributed by atoms with Crippen LogP contribution in [0, 0.1) is 0 Å². The van der Waals surface area contributed by atoms with Gasteiger partial charge in [-0.3, -0.25) is 14.5 Å². The summed E-state index contributed by atoms with van der Waals surface area (Å²) in [6, 6.07) is 16.6. The van der Waals surface area contributed by atoms with Crippen molar-refractivity contribution in [2.24, 2.45) is 0 Å². The van der Waals surface area contributed by atoms with Crippen LogP contribution in [0.25, 0.3) is 0 Å². The van der Waals surface area contributed by atoms with Crippen molar-refractivity contribution < 1.29 is 19.2 Å². The molecule has 1 aliphatic rings. The molecular formula is C20H22N2O4. The van der Waals surface area contributed by atoms with Gasteiger partial charge in [0, 0.05) is 19.5 Å². The third-order valence-electron chi connectivity index (χ3n) is 4.04. The quantitative estimate of drug-likeness (QED) is 0.404. The summed E-state index contributed by atoms with van der Waals surface area (Å²) in [4.78, 5) is 31.0. The van der Waals surface area contributed by atoms with Crippen LogP contribution in [-0.2, 0) is 4.84 Å². The van der Waals surface area contributed by atoms with E-state index in [9.17, 15) is 9.59 Å². The Balaban J connectivity index is 1.25. The van der Waals surface area contributed by atoms with Crippen LogP contribution in [0.1, 0.15) is 33.6 Å². The Hall–Kier alpha value is -2.70. The third kappa shape index (κ3) is 4.47. The van der Waals surface area contributed by atoms with Gasteiger partial charge in [-0.05, 0) is 30.7 Å². The van der Waals surface area contributed by atoms with Gasteiger partial charge in [0.1, 0.15) is 5.75 Å². The van der Waals surface area contributed by atoms with E-state index in [-0.39, 0.29) is 11.8 Å². The molecule has 0 radical (unpaired) electrons. The molecule has 3 rings (SSSR count). The van der Waals surface area contributed by atoms with E-state index in [4.69, 9.17) is 9.57 Å². The van der Waals surface area contributed by atoms with Crippen molar-refractivity contribution in [3.63, 3.8) is 0 Å². The minimum Gasteiger partial charge on any atom is -0.494 e. The monoisotopic (exact) mass is 354 g/mol. The molecular weight excluding hydrogens is 332 g/mol. The average Bonchev–Trinajstić information content (AvgIpc) is 2.92. The second-order valence-electron chi connectivity index (χ2n) is 5.92. The van der Waals surface area contributed by atoms with Crippen LogP contribution in [0.4, 0.5) is 0 Å². The summed E-state index contributed by atoms with van der Waals surface area (Å²) in [5, 5.41) is 0. The Morgan fingerprint density at radius 1 is 0.808 bits per heavy atom. The lowest BCUT2D eigenvalue weighted by molar-refractivity contribution is 0.0315. The number of hydrogen-bond donors (Lipinski definition) is 1.